The van der Waals surface area contributed by atoms with E-state index in [0.29, 0.717) is 0 Å². The molecular formula is C16H26O8. The molecule has 0 rings (SSSR count). The number of aliphatic hydroxyl groups excluding tert-OH is 2. The number of aliphatic hydroxyl groups is 2. The predicted molar refractivity (Wildman–Crippen MR) is 90.4 cm³/mol. The molecule has 4 N–H and O–H groups in total. The van der Waals surface area contributed by atoms with Crippen LogP contribution < -0.4 is 0 Å². The van der Waals surface area contributed by atoms with Crippen molar-refractivity contribution in [3.63, 3.8) is 0 Å². The molecule has 0 aromatic heterocycles. The van der Waals surface area contributed by atoms with Crippen LogP contribution in [-0.2, 0) is 19.1 Å². The Bertz CT molecular complexity index is 374. The summed E-state index contributed by atoms with van der Waals surface area (Å²) in [6.45, 7) is 15.8. The van der Waals surface area contributed by atoms with Crippen molar-refractivity contribution >= 4 is 17.9 Å². The van der Waals surface area contributed by atoms with E-state index in [1.165, 1.54) is 19.9 Å². The van der Waals surface area contributed by atoms with E-state index >= 15 is 0 Å². The van der Waals surface area contributed by atoms with Gasteiger partial charge in [-0.05, 0) is 13.8 Å². The van der Waals surface area contributed by atoms with Crippen molar-refractivity contribution in [2.45, 2.75) is 13.8 Å². The van der Waals surface area contributed by atoms with Crippen LogP contribution in [0.2, 0.25) is 0 Å². The lowest BCUT2D eigenvalue weighted by atomic mass is 10.4. The summed E-state index contributed by atoms with van der Waals surface area (Å²) in [5.41, 5.74) is 0.352. The van der Waals surface area contributed by atoms with E-state index in [1.807, 2.05) is 0 Å². The Kier molecular flexibility index (Phi) is 27.6. The van der Waals surface area contributed by atoms with Crippen molar-refractivity contribution in [1.82, 2.24) is 0 Å². The maximum atomic E-state index is 10.2. The Hall–Kier alpha value is -2.71. The molecule has 0 aliphatic carbocycles. The third-order valence-electron chi connectivity index (χ3n) is 1.34. The van der Waals surface area contributed by atoms with E-state index in [4.69, 9.17) is 20.4 Å². The van der Waals surface area contributed by atoms with Crippen molar-refractivity contribution < 1.29 is 39.5 Å². The number of esters is 1. The molecule has 8 heteroatoms. The van der Waals surface area contributed by atoms with Gasteiger partial charge in [-0.25, -0.2) is 14.4 Å². The van der Waals surface area contributed by atoms with Crippen molar-refractivity contribution in [1.29, 1.82) is 0 Å². The molecular weight excluding hydrogens is 320 g/mol. The van der Waals surface area contributed by atoms with Gasteiger partial charge in [0.25, 0.3) is 0 Å². The van der Waals surface area contributed by atoms with Gasteiger partial charge in [0.1, 0.15) is 6.61 Å². The number of hydrogen-bond acceptors (Lipinski definition) is 6. The molecule has 0 aromatic rings. The molecule has 0 amide bonds. The lowest BCUT2D eigenvalue weighted by molar-refractivity contribution is -0.136. The molecule has 0 fully saturated rings. The fourth-order valence-electron chi connectivity index (χ4n) is 0.200. The highest BCUT2D eigenvalue weighted by atomic mass is 16.5. The number of carbonyl (C=O) groups is 3. The highest BCUT2D eigenvalue weighted by Crippen LogP contribution is 1.81. The van der Waals surface area contributed by atoms with E-state index in [0.717, 1.165) is 6.08 Å². The molecule has 0 aromatic carbocycles. The highest BCUT2D eigenvalue weighted by molar-refractivity contribution is 5.85. The van der Waals surface area contributed by atoms with E-state index in [1.54, 1.807) is 0 Å². The van der Waals surface area contributed by atoms with Gasteiger partial charge in [0, 0.05) is 17.2 Å². The minimum Gasteiger partial charge on any atom is -0.478 e. The molecule has 0 aliphatic heterocycles. The molecule has 24 heavy (non-hydrogen) atoms. The minimum atomic E-state index is -0.935. The zero-order valence-electron chi connectivity index (χ0n) is 14.0. The largest absolute Gasteiger partial charge is 0.478 e. The average Bonchev–Trinajstić information content (AvgIpc) is 2.53. The Morgan fingerprint density at radius 2 is 1.21 bits per heavy atom. The second-order valence-electron chi connectivity index (χ2n) is 3.74. The summed E-state index contributed by atoms with van der Waals surface area (Å²) in [6, 6.07) is 0. The lowest BCUT2D eigenvalue weighted by Gasteiger charge is -1.92. The Balaban J connectivity index is -0.000000114. The van der Waals surface area contributed by atoms with Gasteiger partial charge < -0.3 is 25.2 Å². The van der Waals surface area contributed by atoms with Crippen LogP contribution in [0.25, 0.3) is 0 Å². The SMILES string of the molecule is C=C(C)C(=O)O.C=C(C)C(=O)O.C=CCOC(=O)C=C.OCCO. The first kappa shape index (κ1) is 29.3. The molecule has 0 saturated carbocycles. The van der Waals surface area contributed by atoms with Gasteiger partial charge in [-0.3, -0.25) is 0 Å². The predicted octanol–water partition coefficient (Wildman–Crippen LogP) is 1.17. The first-order valence-electron chi connectivity index (χ1n) is 6.41. The van der Waals surface area contributed by atoms with E-state index in [9.17, 15) is 14.4 Å². The summed E-state index contributed by atoms with van der Waals surface area (Å²) in [7, 11) is 0. The number of carbonyl (C=O) groups excluding carboxylic acids is 1. The zero-order chi connectivity index (χ0) is 20.1. The maximum absolute atomic E-state index is 10.2. The number of carboxylic acid groups (broad SMARTS) is 2. The third kappa shape index (κ3) is 42.7. The van der Waals surface area contributed by atoms with Gasteiger partial charge >= 0.3 is 17.9 Å². The molecule has 0 atom stereocenters. The topological polar surface area (TPSA) is 141 Å². The van der Waals surface area contributed by atoms with Crippen LogP contribution in [0.3, 0.4) is 0 Å². The molecule has 0 saturated heterocycles. The molecule has 0 bridgehead atoms. The standard InChI is InChI=1S/C6H8O2.2C4H6O2.C2H6O2/c1-3-5-8-6(7)4-2;2*1-3(2)4(5)6;3-1-2-4/h3-4H,1-2,5H2;2*1H2,2H3,(H,5,6);3-4H,1-2H2. The normalized spacial score (nSPS) is 7.50. The van der Waals surface area contributed by atoms with Crippen molar-refractivity contribution in [3.05, 3.63) is 49.6 Å². The van der Waals surface area contributed by atoms with Gasteiger partial charge in [-0.1, -0.05) is 32.4 Å². The van der Waals surface area contributed by atoms with Crippen LogP contribution >= 0.6 is 0 Å². The molecule has 0 aliphatic rings. The van der Waals surface area contributed by atoms with Gasteiger partial charge in [0.2, 0.25) is 0 Å². The Labute approximate surface area is 141 Å². The van der Waals surface area contributed by atoms with Crippen LogP contribution in [-0.4, -0.2) is 58.2 Å². The summed E-state index contributed by atoms with van der Waals surface area (Å²) in [6.07, 6.45) is 2.62. The van der Waals surface area contributed by atoms with Crippen LogP contribution in [0.1, 0.15) is 13.8 Å². The summed E-state index contributed by atoms with van der Waals surface area (Å²) in [4.78, 5) is 29.4. The molecule has 0 heterocycles. The Morgan fingerprint density at radius 3 is 1.33 bits per heavy atom. The lowest BCUT2D eigenvalue weighted by Crippen LogP contribution is -1.98. The number of ether oxygens (including phenoxy) is 1. The van der Waals surface area contributed by atoms with E-state index in [-0.39, 0.29) is 31.0 Å². The summed E-state index contributed by atoms with van der Waals surface area (Å²) < 4.78 is 4.47. The fourth-order valence-corrected chi connectivity index (χ4v) is 0.200. The van der Waals surface area contributed by atoms with Gasteiger partial charge in [-0.15, -0.1) is 0 Å². The van der Waals surface area contributed by atoms with Gasteiger partial charge in [0.05, 0.1) is 13.2 Å². The van der Waals surface area contributed by atoms with Gasteiger partial charge in [0.15, 0.2) is 0 Å². The zero-order valence-corrected chi connectivity index (χ0v) is 14.0. The number of rotatable bonds is 6. The monoisotopic (exact) mass is 346 g/mol. The Morgan fingerprint density at radius 1 is 0.917 bits per heavy atom. The molecule has 0 unspecified atom stereocenters. The van der Waals surface area contributed by atoms with Crippen molar-refractivity contribution in [2.75, 3.05) is 19.8 Å². The highest BCUT2D eigenvalue weighted by Gasteiger charge is 1.90. The van der Waals surface area contributed by atoms with Crippen LogP contribution in [0.15, 0.2) is 49.6 Å². The average molecular weight is 346 g/mol. The summed E-state index contributed by atoms with van der Waals surface area (Å²) >= 11 is 0. The number of aliphatic carboxylic acids is 2. The van der Waals surface area contributed by atoms with Crippen LogP contribution in [0.4, 0.5) is 0 Å². The van der Waals surface area contributed by atoms with Crippen LogP contribution in [0.5, 0.6) is 0 Å². The number of carboxylic acids is 2. The smallest absolute Gasteiger partial charge is 0.330 e. The van der Waals surface area contributed by atoms with Crippen LogP contribution in [0, 0.1) is 0 Å². The summed E-state index contributed by atoms with van der Waals surface area (Å²) in [5.74, 6) is -2.28. The quantitative estimate of drug-likeness (QED) is 0.319. The van der Waals surface area contributed by atoms with Crippen molar-refractivity contribution in [2.24, 2.45) is 0 Å². The summed E-state index contributed by atoms with van der Waals surface area (Å²) in [5, 5.41) is 31.0. The maximum Gasteiger partial charge on any atom is 0.330 e. The van der Waals surface area contributed by atoms with E-state index < -0.39 is 17.9 Å². The number of hydrogen-bond donors (Lipinski definition) is 4. The van der Waals surface area contributed by atoms with Gasteiger partial charge in [-0.2, -0.15) is 0 Å². The van der Waals surface area contributed by atoms with Crippen molar-refractivity contribution in [3.8, 4) is 0 Å². The first-order chi connectivity index (χ1) is 11.0. The third-order valence-corrected chi connectivity index (χ3v) is 1.34. The van der Waals surface area contributed by atoms with E-state index in [2.05, 4.69) is 31.1 Å². The second kappa shape index (κ2) is 22.6. The second-order valence-corrected chi connectivity index (χ2v) is 3.74. The molecule has 0 radical (unpaired) electrons. The fraction of sp³-hybridized carbons (Fsp3) is 0.312. The first-order valence-corrected chi connectivity index (χ1v) is 6.41. The minimum absolute atomic E-state index is 0.125. The molecule has 8 nitrogen and oxygen atoms in total. The molecule has 0 spiro atoms. The molecule has 138 valence electrons.